The number of hydrogen-bond acceptors (Lipinski definition) is 2. The summed E-state index contributed by atoms with van der Waals surface area (Å²) < 4.78 is 0. The van der Waals surface area contributed by atoms with Crippen LogP contribution in [-0.4, -0.2) is 25.0 Å². The Hall–Kier alpha value is -0.280. The number of rotatable bonds is 3. The van der Waals surface area contributed by atoms with Gasteiger partial charge in [-0.2, -0.15) is 0 Å². The SMILES string of the molecule is Cl.O=C(NCC1CCC1)[C@H]1CCN1. The molecule has 0 unspecified atom stereocenters. The molecule has 0 aromatic carbocycles. The third-order valence-corrected chi connectivity index (χ3v) is 2.93. The first-order valence-corrected chi connectivity index (χ1v) is 4.87. The van der Waals surface area contributed by atoms with Crippen LogP contribution in [0.5, 0.6) is 0 Å². The molecular weight excluding hydrogens is 188 g/mol. The van der Waals surface area contributed by atoms with E-state index < -0.39 is 0 Å². The fourth-order valence-electron chi connectivity index (χ4n) is 1.58. The Bertz CT molecular complexity index is 178. The summed E-state index contributed by atoms with van der Waals surface area (Å²) in [6, 6.07) is 0.116. The monoisotopic (exact) mass is 204 g/mol. The Morgan fingerprint density at radius 3 is 2.46 bits per heavy atom. The summed E-state index contributed by atoms with van der Waals surface area (Å²) >= 11 is 0. The smallest absolute Gasteiger partial charge is 0.237 e. The summed E-state index contributed by atoms with van der Waals surface area (Å²) in [7, 11) is 0. The fraction of sp³-hybridized carbons (Fsp3) is 0.889. The molecule has 1 aliphatic carbocycles. The van der Waals surface area contributed by atoms with Crippen molar-refractivity contribution >= 4 is 18.3 Å². The zero-order valence-electron chi connectivity index (χ0n) is 7.71. The van der Waals surface area contributed by atoms with Crippen molar-refractivity contribution in [2.24, 2.45) is 5.92 Å². The quantitative estimate of drug-likeness (QED) is 0.710. The Kier molecular flexibility index (Phi) is 4.00. The summed E-state index contributed by atoms with van der Waals surface area (Å²) in [6.07, 6.45) is 4.97. The molecule has 3 nitrogen and oxygen atoms in total. The molecule has 0 aromatic rings. The topological polar surface area (TPSA) is 41.1 Å². The molecule has 2 N–H and O–H groups in total. The third-order valence-electron chi connectivity index (χ3n) is 2.93. The van der Waals surface area contributed by atoms with Gasteiger partial charge in [0.1, 0.15) is 0 Å². The van der Waals surface area contributed by atoms with Crippen molar-refractivity contribution in [3.8, 4) is 0 Å². The van der Waals surface area contributed by atoms with Crippen LogP contribution in [0.3, 0.4) is 0 Å². The highest BCUT2D eigenvalue weighted by molar-refractivity contribution is 5.85. The van der Waals surface area contributed by atoms with Crippen LogP contribution in [0.15, 0.2) is 0 Å². The average molecular weight is 205 g/mol. The van der Waals surface area contributed by atoms with Gasteiger partial charge in [0.2, 0.25) is 5.91 Å². The highest BCUT2D eigenvalue weighted by Crippen LogP contribution is 2.25. The Balaban J connectivity index is 0.000000845. The maximum absolute atomic E-state index is 11.3. The molecule has 1 amide bonds. The van der Waals surface area contributed by atoms with Crippen LogP contribution in [0.2, 0.25) is 0 Å². The summed E-state index contributed by atoms with van der Waals surface area (Å²) in [6.45, 7) is 1.90. The maximum Gasteiger partial charge on any atom is 0.237 e. The van der Waals surface area contributed by atoms with Crippen molar-refractivity contribution in [1.82, 2.24) is 10.6 Å². The van der Waals surface area contributed by atoms with E-state index in [0.29, 0.717) is 0 Å². The molecule has 13 heavy (non-hydrogen) atoms. The van der Waals surface area contributed by atoms with Gasteiger partial charge in [-0.15, -0.1) is 12.4 Å². The number of hydrogen-bond donors (Lipinski definition) is 2. The van der Waals surface area contributed by atoms with Gasteiger partial charge in [-0.1, -0.05) is 6.42 Å². The van der Waals surface area contributed by atoms with Gasteiger partial charge < -0.3 is 10.6 Å². The normalized spacial score (nSPS) is 26.6. The van der Waals surface area contributed by atoms with E-state index in [1.54, 1.807) is 0 Å². The molecule has 0 spiro atoms. The molecule has 76 valence electrons. The van der Waals surface area contributed by atoms with E-state index >= 15 is 0 Å². The zero-order valence-corrected chi connectivity index (χ0v) is 8.53. The predicted molar refractivity (Wildman–Crippen MR) is 54.0 cm³/mol. The van der Waals surface area contributed by atoms with Crippen molar-refractivity contribution in [3.05, 3.63) is 0 Å². The Morgan fingerprint density at radius 2 is 2.08 bits per heavy atom. The lowest BCUT2D eigenvalue weighted by atomic mass is 9.85. The second kappa shape index (κ2) is 4.82. The van der Waals surface area contributed by atoms with Crippen molar-refractivity contribution in [2.75, 3.05) is 13.1 Å². The van der Waals surface area contributed by atoms with Crippen LogP contribution in [0.25, 0.3) is 0 Å². The van der Waals surface area contributed by atoms with Gasteiger partial charge in [0.05, 0.1) is 6.04 Å². The molecule has 1 saturated heterocycles. The molecular formula is C9H17ClN2O. The van der Waals surface area contributed by atoms with E-state index in [2.05, 4.69) is 10.6 Å². The van der Waals surface area contributed by atoms with Crippen LogP contribution in [0.1, 0.15) is 25.7 Å². The Labute approximate surface area is 85.1 Å². The van der Waals surface area contributed by atoms with Gasteiger partial charge in [0.15, 0.2) is 0 Å². The molecule has 1 aliphatic heterocycles. The molecule has 0 bridgehead atoms. The van der Waals surface area contributed by atoms with Gasteiger partial charge in [-0.25, -0.2) is 0 Å². The highest BCUT2D eigenvalue weighted by atomic mass is 35.5. The van der Waals surface area contributed by atoms with Crippen molar-refractivity contribution in [1.29, 1.82) is 0 Å². The second-order valence-electron chi connectivity index (χ2n) is 3.84. The molecule has 1 heterocycles. The van der Waals surface area contributed by atoms with E-state index in [9.17, 15) is 4.79 Å². The third kappa shape index (κ3) is 2.58. The lowest BCUT2D eigenvalue weighted by molar-refractivity contribution is -0.125. The van der Waals surface area contributed by atoms with Crippen molar-refractivity contribution in [2.45, 2.75) is 31.7 Å². The minimum absolute atomic E-state index is 0. The minimum Gasteiger partial charge on any atom is -0.354 e. The molecule has 1 atom stereocenters. The molecule has 4 heteroatoms. The van der Waals surface area contributed by atoms with Crippen LogP contribution in [0.4, 0.5) is 0 Å². The van der Waals surface area contributed by atoms with E-state index in [-0.39, 0.29) is 24.4 Å². The van der Waals surface area contributed by atoms with Crippen LogP contribution < -0.4 is 10.6 Å². The lowest BCUT2D eigenvalue weighted by Crippen LogP contribution is -2.54. The maximum atomic E-state index is 11.3. The molecule has 1 saturated carbocycles. The highest BCUT2D eigenvalue weighted by Gasteiger charge is 2.25. The van der Waals surface area contributed by atoms with Crippen LogP contribution >= 0.6 is 12.4 Å². The van der Waals surface area contributed by atoms with Gasteiger partial charge in [0.25, 0.3) is 0 Å². The summed E-state index contributed by atoms with van der Waals surface area (Å²) in [4.78, 5) is 11.3. The number of nitrogens with one attached hydrogen (secondary N) is 2. The molecule has 0 radical (unpaired) electrons. The van der Waals surface area contributed by atoms with Crippen molar-refractivity contribution in [3.63, 3.8) is 0 Å². The number of carbonyl (C=O) groups excluding carboxylic acids is 1. The summed E-state index contributed by atoms with van der Waals surface area (Å²) in [5.41, 5.74) is 0. The first-order chi connectivity index (χ1) is 5.86. The predicted octanol–water partition coefficient (Wildman–Crippen LogP) is 0.686. The molecule has 0 aromatic heterocycles. The fourth-order valence-corrected chi connectivity index (χ4v) is 1.58. The van der Waals surface area contributed by atoms with E-state index in [0.717, 1.165) is 25.4 Å². The van der Waals surface area contributed by atoms with E-state index in [1.807, 2.05) is 0 Å². The first kappa shape index (κ1) is 10.8. The zero-order chi connectivity index (χ0) is 8.39. The molecule has 2 aliphatic rings. The Morgan fingerprint density at radius 1 is 1.38 bits per heavy atom. The number of amides is 1. The van der Waals surface area contributed by atoms with E-state index in [1.165, 1.54) is 19.3 Å². The van der Waals surface area contributed by atoms with E-state index in [4.69, 9.17) is 0 Å². The largest absolute Gasteiger partial charge is 0.354 e. The summed E-state index contributed by atoms with van der Waals surface area (Å²) in [5.74, 6) is 0.974. The molecule has 2 fully saturated rings. The van der Waals surface area contributed by atoms with Crippen LogP contribution in [0, 0.1) is 5.92 Å². The van der Waals surface area contributed by atoms with Crippen LogP contribution in [-0.2, 0) is 4.79 Å². The molecule has 2 rings (SSSR count). The summed E-state index contributed by atoms with van der Waals surface area (Å²) in [5, 5.41) is 6.08. The van der Waals surface area contributed by atoms with Gasteiger partial charge in [-0.3, -0.25) is 4.79 Å². The minimum atomic E-state index is 0. The standard InChI is InChI=1S/C9H16N2O.ClH/c12-9(8-4-5-10-8)11-6-7-2-1-3-7;/h7-8,10H,1-6H2,(H,11,12);1H/t8-;/m1./s1. The number of carbonyl (C=O) groups is 1. The van der Waals surface area contributed by atoms with Gasteiger partial charge >= 0.3 is 0 Å². The second-order valence-corrected chi connectivity index (χ2v) is 3.84. The van der Waals surface area contributed by atoms with Gasteiger partial charge in [-0.05, 0) is 31.7 Å². The lowest BCUT2D eigenvalue weighted by Gasteiger charge is -2.29. The average Bonchev–Trinajstić information content (AvgIpc) is 1.79. The van der Waals surface area contributed by atoms with Gasteiger partial charge in [0, 0.05) is 6.54 Å². The number of halogens is 1. The van der Waals surface area contributed by atoms with Crippen molar-refractivity contribution < 1.29 is 4.79 Å². The first-order valence-electron chi connectivity index (χ1n) is 4.87.